The number of carbonyl (C=O) groups excluding carboxylic acids is 1. The highest BCUT2D eigenvalue weighted by Crippen LogP contribution is 2.00. The Morgan fingerprint density at radius 1 is 1.16 bits per heavy atom. The molecule has 0 aromatic heterocycles. The Balaban J connectivity index is 1.96. The number of unbranched alkanes of at least 4 members (excludes halogenated alkanes) is 1. The van der Waals surface area contributed by atoms with E-state index in [1.165, 1.54) is 0 Å². The zero-order chi connectivity index (χ0) is 13.8. The van der Waals surface area contributed by atoms with Crippen molar-refractivity contribution >= 4 is 6.09 Å². The summed E-state index contributed by atoms with van der Waals surface area (Å²) in [6.45, 7) is 4.50. The van der Waals surface area contributed by atoms with Gasteiger partial charge in [0.25, 0.3) is 0 Å². The van der Waals surface area contributed by atoms with Crippen LogP contribution >= 0.6 is 0 Å². The molecule has 4 nitrogen and oxygen atoms in total. The van der Waals surface area contributed by atoms with Gasteiger partial charge in [-0.3, -0.25) is 0 Å². The van der Waals surface area contributed by atoms with Gasteiger partial charge in [0.1, 0.15) is 6.61 Å². The average Bonchev–Trinajstić information content (AvgIpc) is 2.45. The van der Waals surface area contributed by atoms with E-state index in [0.29, 0.717) is 19.8 Å². The van der Waals surface area contributed by atoms with Gasteiger partial charge in [-0.15, -0.1) is 0 Å². The fraction of sp³-hybridized carbons (Fsp3) is 0.533. The van der Waals surface area contributed by atoms with Crippen LogP contribution in [0.5, 0.6) is 0 Å². The minimum atomic E-state index is -0.377. The molecule has 0 aliphatic rings. The van der Waals surface area contributed by atoms with Crippen molar-refractivity contribution in [2.75, 3.05) is 19.8 Å². The smallest absolute Gasteiger partial charge is 0.407 e. The van der Waals surface area contributed by atoms with Crippen molar-refractivity contribution in [3.05, 3.63) is 35.9 Å². The second kappa shape index (κ2) is 10.4. The van der Waals surface area contributed by atoms with E-state index in [0.717, 1.165) is 31.4 Å². The summed E-state index contributed by atoms with van der Waals surface area (Å²) in [4.78, 5) is 11.4. The molecule has 1 rings (SSSR count). The van der Waals surface area contributed by atoms with E-state index >= 15 is 0 Å². The van der Waals surface area contributed by atoms with Crippen LogP contribution in [0.2, 0.25) is 0 Å². The molecule has 0 atom stereocenters. The van der Waals surface area contributed by atoms with E-state index in [-0.39, 0.29) is 6.09 Å². The van der Waals surface area contributed by atoms with Crippen LogP contribution < -0.4 is 5.32 Å². The number of alkyl carbamates (subject to hydrolysis) is 1. The predicted molar refractivity (Wildman–Crippen MR) is 75.0 cm³/mol. The van der Waals surface area contributed by atoms with Crippen LogP contribution in [0.1, 0.15) is 31.7 Å². The fourth-order valence-electron chi connectivity index (χ4n) is 1.49. The number of hydrogen-bond donors (Lipinski definition) is 1. The van der Waals surface area contributed by atoms with Crippen LogP contribution in [0.15, 0.2) is 30.3 Å². The van der Waals surface area contributed by atoms with Crippen LogP contribution in [0, 0.1) is 0 Å². The first-order valence-electron chi connectivity index (χ1n) is 6.85. The highest BCUT2D eigenvalue weighted by molar-refractivity contribution is 5.67. The number of nitrogens with one attached hydrogen (secondary N) is 1. The van der Waals surface area contributed by atoms with Crippen molar-refractivity contribution in [3.8, 4) is 0 Å². The molecule has 0 spiro atoms. The van der Waals surface area contributed by atoms with Crippen LogP contribution in [-0.4, -0.2) is 25.9 Å². The van der Waals surface area contributed by atoms with Gasteiger partial charge in [-0.1, -0.05) is 43.7 Å². The quantitative estimate of drug-likeness (QED) is 0.698. The van der Waals surface area contributed by atoms with Gasteiger partial charge in [0, 0.05) is 19.8 Å². The molecule has 0 saturated carbocycles. The van der Waals surface area contributed by atoms with Crippen molar-refractivity contribution in [2.24, 2.45) is 0 Å². The standard InChI is InChI=1S/C15H23NO3/c1-2-3-11-18-12-7-10-16-15(17)19-13-14-8-5-4-6-9-14/h4-6,8-9H,2-3,7,10-13H2,1H3,(H,16,17). The van der Waals surface area contributed by atoms with Gasteiger partial charge in [-0.05, 0) is 18.4 Å². The first-order chi connectivity index (χ1) is 9.33. The number of rotatable bonds is 9. The Morgan fingerprint density at radius 3 is 2.63 bits per heavy atom. The number of amides is 1. The first-order valence-corrected chi connectivity index (χ1v) is 6.85. The molecule has 0 bridgehead atoms. The van der Waals surface area contributed by atoms with Crippen LogP contribution in [0.3, 0.4) is 0 Å². The number of hydrogen-bond acceptors (Lipinski definition) is 3. The molecule has 0 radical (unpaired) electrons. The second-order valence-electron chi connectivity index (χ2n) is 4.31. The molecule has 4 heteroatoms. The SMILES string of the molecule is CCCCOCCCNC(=O)OCc1ccccc1. The average molecular weight is 265 g/mol. The topological polar surface area (TPSA) is 47.6 Å². The van der Waals surface area contributed by atoms with E-state index < -0.39 is 0 Å². The van der Waals surface area contributed by atoms with Crippen molar-refractivity contribution in [1.82, 2.24) is 5.32 Å². The molecule has 0 fully saturated rings. The van der Waals surface area contributed by atoms with Crippen LogP contribution in [0.25, 0.3) is 0 Å². The molecule has 1 N–H and O–H groups in total. The molecule has 106 valence electrons. The fourth-order valence-corrected chi connectivity index (χ4v) is 1.49. The summed E-state index contributed by atoms with van der Waals surface area (Å²) in [6, 6.07) is 9.63. The Hall–Kier alpha value is -1.55. The van der Waals surface area contributed by atoms with Gasteiger partial charge in [0.05, 0.1) is 0 Å². The van der Waals surface area contributed by atoms with E-state index in [4.69, 9.17) is 9.47 Å². The van der Waals surface area contributed by atoms with Gasteiger partial charge in [0.2, 0.25) is 0 Å². The van der Waals surface area contributed by atoms with E-state index in [2.05, 4.69) is 12.2 Å². The highest BCUT2D eigenvalue weighted by atomic mass is 16.5. The Kier molecular flexibility index (Phi) is 8.47. The monoisotopic (exact) mass is 265 g/mol. The first kappa shape index (κ1) is 15.5. The zero-order valence-corrected chi connectivity index (χ0v) is 11.6. The maximum atomic E-state index is 11.4. The summed E-state index contributed by atoms with van der Waals surface area (Å²) in [5.74, 6) is 0. The van der Waals surface area contributed by atoms with E-state index in [1.54, 1.807) is 0 Å². The molecule has 19 heavy (non-hydrogen) atoms. The number of ether oxygens (including phenoxy) is 2. The lowest BCUT2D eigenvalue weighted by Gasteiger charge is -2.07. The normalized spacial score (nSPS) is 10.2. The summed E-state index contributed by atoms with van der Waals surface area (Å²) in [5, 5.41) is 2.70. The third-order valence-corrected chi connectivity index (χ3v) is 2.59. The van der Waals surface area contributed by atoms with Gasteiger partial charge in [0.15, 0.2) is 0 Å². The van der Waals surface area contributed by atoms with Gasteiger partial charge in [-0.25, -0.2) is 4.79 Å². The molecular weight excluding hydrogens is 242 g/mol. The summed E-state index contributed by atoms with van der Waals surface area (Å²) in [5.41, 5.74) is 0.987. The minimum absolute atomic E-state index is 0.305. The molecule has 1 amide bonds. The lowest BCUT2D eigenvalue weighted by atomic mass is 10.2. The summed E-state index contributed by atoms with van der Waals surface area (Å²) >= 11 is 0. The van der Waals surface area contributed by atoms with Gasteiger partial charge >= 0.3 is 6.09 Å². The predicted octanol–water partition coefficient (Wildman–Crippen LogP) is 3.12. The van der Waals surface area contributed by atoms with Gasteiger partial charge in [-0.2, -0.15) is 0 Å². The summed E-state index contributed by atoms with van der Waals surface area (Å²) in [7, 11) is 0. The van der Waals surface area contributed by atoms with Gasteiger partial charge < -0.3 is 14.8 Å². The molecule has 0 aliphatic heterocycles. The molecule has 0 aliphatic carbocycles. The zero-order valence-electron chi connectivity index (χ0n) is 11.6. The van der Waals surface area contributed by atoms with Crippen molar-refractivity contribution in [3.63, 3.8) is 0 Å². The van der Waals surface area contributed by atoms with Crippen molar-refractivity contribution in [1.29, 1.82) is 0 Å². The Morgan fingerprint density at radius 2 is 1.89 bits per heavy atom. The highest BCUT2D eigenvalue weighted by Gasteiger charge is 2.01. The minimum Gasteiger partial charge on any atom is -0.445 e. The maximum Gasteiger partial charge on any atom is 0.407 e. The second-order valence-corrected chi connectivity index (χ2v) is 4.31. The largest absolute Gasteiger partial charge is 0.445 e. The van der Waals surface area contributed by atoms with Crippen LogP contribution in [0.4, 0.5) is 4.79 Å². The van der Waals surface area contributed by atoms with Crippen LogP contribution in [-0.2, 0) is 16.1 Å². The van der Waals surface area contributed by atoms with E-state index in [1.807, 2.05) is 30.3 Å². The molecular formula is C15H23NO3. The third kappa shape index (κ3) is 8.21. The molecule has 0 heterocycles. The molecule has 0 unspecified atom stereocenters. The molecule has 1 aromatic rings. The van der Waals surface area contributed by atoms with Crippen molar-refractivity contribution in [2.45, 2.75) is 32.8 Å². The van der Waals surface area contributed by atoms with Crippen molar-refractivity contribution < 1.29 is 14.3 Å². The Bertz CT molecular complexity index is 341. The lowest BCUT2D eigenvalue weighted by molar-refractivity contribution is 0.123. The number of carbonyl (C=O) groups is 1. The third-order valence-electron chi connectivity index (χ3n) is 2.59. The maximum absolute atomic E-state index is 11.4. The van der Waals surface area contributed by atoms with E-state index in [9.17, 15) is 4.79 Å². The Labute approximate surface area is 115 Å². The summed E-state index contributed by atoms with van der Waals surface area (Å²) < 4.78 is 10.5. The lowest BCUT2D eigenvalue weighted by Crippen LogP contribution is -2.26. The molecule has 0 saturated heterocycles. The molecule has 1 aromatic carbocycles. The number of benzene rings is 1. The summed E-state index contributed by atoms with van der Waals surface area (Å²) in [6.07, 6.45) is 2.67.